The Kier molecular flexibility index (Phi) is 3.87. The molecule has 0 spiro atoms. The van der Waals surface area contributed by atoms with Crippen molar-refractivity contribution in [1.29, 1.82) is 0 Å². The zero-order valence-electron chi connectivity index (χ0n) is 5.12. The van der Waals surface area contributed by atoms with Crippen LogP contribution in [0.2, 0.25) is 0 Å². The first-order chi connectivity index (χ1) is 4.20. The summed E-state index contributed by atoms with van der Waals surface area (Å²) in [5.41, 5.74) is 0. The minimum atomic E-state index is -1.23. The van der Waals surface area contributed by atoms with Crippen molar-refractivity contribution in [3.05, 3.63) is 0 Å². The minimum absolute atomic E-state index is 0.155. The molecule has 0 atom stereocenters. The van der Waals surface area contributed by atoms with Gasteiger partial charge in [-0.05, 0) is 6.26 Å². The molecule has 0 heterocycles. The van der Waals surface area contributed by atoms with E-state index in [-0.39, 0.29) is 5.23 Å². The summed E-state index contributed by atoms with van der Waals surface area (Å²) >= 11 is 1.15. The number of thioether (sulfide) groups is 1. The first-order valence-electron chi connectivity index (χ1n) is 2.10. The molecule has 0 aliphatic rings. The summed E-state index contributed by atoms with van der Waals surface area (Å²) in [6, 6.07) is 0. The second-order valence-corrected chi connectivity index (χ2v) is 1.83. The Morgan fingerprint density at radius 2 is 2.33 bits per heavy atom. The van der Waals surface area contributed by atoms with Crippen molar-refractivity contribution >= 4 is 23.1 Å². The molecule has 0 saturated heterocycles. The summed E-state index contributed by atoms with van der Waals surface area (Å²) in [4.78, 5) is 12.9. The van der Waals surface area contributed by atoms with E-state index < -0.39 is 6.09 Å². The van der Waals surface area contributed by atoms with Gasteiger partial charge in [0, 0.05) is 0 Å². The summed E-state index contributed by atoms with van der Waals surface area (Å²) in [6.07, 6.45) is 0.451. The second kappa shape index (κ2) is 4.20. The first kappa shape index (κ1) is 8.29. The van der Waals surface area contributed by atoms with E-state index in [1.54, 1.807) is 6.26 Å². The van der Waals surface area contributed by atoms with Crippen molar-refractivity contribution in [2.24, 2.45) is 4.99 Å². The minimum Gasteiger partial charge on any atom is -0.476 e. The Morgan fingerprint density at radius 1 is 1.78 bits per heavy atom. The number of carboxylic acid groups (broad SMARTS) is 1. The van der Waals surface area contributed by atoms with Gasteiger partial charge in [-0.25, -0.2) is 4.79 Å². The van der Waals surface area contributed by atoms with Crippen LogP contribution < -0.4 is 0 Å². The van der Waals surface area contributed by atoms with Gasteiger partial charge in [-0.3, -0.25) is 0 Å². The lowest BCUT2D eigenvalue weighted by Gasteiger charge is -1.95. The highest BCUT2D eigenvalue weighted by molar-refractivity contribution is 8.12. The summed E-state index contributed by atoms with van der Waals surface area (Å²) in [5, 5.41) is 8.22. The zero-order valence-corrected chi connectivity index (χ0v) is 5.94. The highest BCUT2D eigenvalue weighted by Crippen LogP contribution is 1.97. The van der Waals surface area contributed by atoms with Crippen LogP contribution in [0.3, 0.4) is 0 Å². The molecule has 9 heavy (non-hydrogen) atoms. The molecule has 5 heteroatoms. The number of carbonyl (C=O) groups is 1. The van der Waals surface area contributed by atoms with E-state index in [1.165, 1.54) is 7.11 Å². The fraction of sp³-hybridized carbons (Fsp3) is 0.500. The van der Waals surface area contributed by atoms with E-state index in [1.807, 2.05) is 0 Å². The molecular formula is C4H7NO3S. The van der Waals surface area contributed by atoms with Crippen LogP contribution >= 0.6 is 11.8 Å². The van der Waals surface area contributed by atoms with Crippen LogP contribution in [-0.4, -0.2) is 29.8 Å². The molecule has 0 aromatic heterocycles. The Hall–Kier alpha value is -0.710. The fourth-order valence-electron chi connectivity index (χ4n) is 0.253. The van der Waals surface area contributed by atoms with Crippen molar-refractivity contribution in [2.75, 3.05) is 13.4 Å². The highest BCUT2D eigenvalue weighted by Gasteiger charge is 1.96. The van der Waals surface area contributed by atoms with Gasteiger partial charge in [0.25, 0.3) is 5.23 Å². The number of aliphatic imine (C=N–C) groups is 1. The van der Waals surface area contributed by atoms with Gasteiger partial charge in [0.1, 0.15) is 0 Å². The monoisotopic (exact) mass is 149 g/mol. The SMILES string of the molecule is COC(=NC(=O)O)SC. The van der Waals surface area contributed by atoms with Crippen LogP contribution in [0, 0.1) is 0 Å². The molecule has 0 rings (SSSR count). The van der Waals surface area contributed by atoms with Gasteiger partial charge in [0.2, 0.25) is 0 Å². The number of hydrogen-bond donors (Lipinski definition) is 1. The summed E-state index contributed by atoms with van der Waals surface area (Å²) < 4.78 is 4.54. The molecular weight excluding hydrogens is 142 g/mol. The van der Waals surface area contributed by atoms with E-state index in [9.17, 15) is 4.79 Å². The molecule has 0 unspecified atom stereocenters. The van der Waals surface area contributed by atoms with Crippen molar-refractivity contribution in [1.82, 2.24) is 0 Å². The maximum atomic E-state index is 9.85. The number of nitrogens with zero attached hydrogens (tertiary/aromatic N) is 1. The van der Waals surface area contributed by atoms with E-state index >= 15 is 0 Å². The van der Waals surface area contributed by atoms with Gasteiger partial charge < -0.3 is 9.84 Å². The normalized spacial score (nSPS) is 11.1. The molecule has 0 radical (unpaired) electrons. The number of hydrogen-bond acceptors (Lipinski definition) is 3. The molecule has 1 amide bonds. The fourth-order valence-corrected chi connectivity index (χ4v) is 0.589. The maximum Gasteiger partial charge on any atom is 0.434 e. The molecule has 1 N–H and O–H groups in total. The van der Waals surface area contributed by atoms with Crippen molar-refractivity contribution in [3.63, 3.8) is 0 Å². The number of methoxy groups -OCH3 is 1. The average Bonchev–Trinajstić information content (AvgIpc) is 1.82. The van der Waals surface area contributed by atoms with Crippen LogP contribution in [0.25, 0.3) is 0 Å². The van der Waals surface area contributed by atoms with Crippen LogP contribution in [0.15, 0.2) is 4.99 Å². The van der Waals surface area contributed by atoms with Gasteiger partial charge in [-0.2, -0.15) is 0 Å². The van der Waals surface area contributed by atoms with E-state index in [4.69, 9.17) is 5.11 Å². The largest absolute Gasteiger partial charge is 0.476 e. The lowest BCUT2D eigenvalue weighted by atomic mass is 11.2. The molecule has 0 fully saturated rings. The number of ether oxygens (including phenoxy) is 1. The molecule has 0 aromatic carbocycles. The van der Waals surface area contributed by atoms with Gasteiger partial charge in [0.15, 0.2) is 0 Å². The lowest BCUT2D eigenvalue weighted by molar-refractivity contribution is 0.205. The predicted octanol–water partition coefficient (Wildman–Crippen LogP) is 1.03. The quantitative estimate of drug-likeness (QED) is 0.413. The van der Waals surface area contributed by atoms with Gasteiger partial charge in [-0.15, -0.1) is 4.99 Å². The molecule has 52 valence electrons. The van der Waals surface area contributed by atoms with Crippen molar-refractivity contribution < 1.29 is 14.6 Å². The summed E-state index contributed by atoms with van der Waals surface area (Å²) in [6.45, 7) is 0. The predicted molar refractivity (Wildman–Crippen MR) is 36.0 cm³/mol. The maximum absolute atomic E-state index is 9.85. The molecule has 0 aromatic rings. The molecule has 4 nitrogen and oxygen atoms in total. The smallest absolute Gasteiger partial charge is 0.434 e. The third-order valence-corrected chi connectivity index (χ3v) is 1.14. The molecule has 0 aliphatic carbocycles. The van der Waals surface area contributed by atoms with Gasteiger partial charge in [0.05, 0.1) is 7.11 Å². The van der Waals surface area contributed by atoms with Crippen molar-refractivity contribution in [2.45, 2.75) is 0 Å². The van der Waals surface area contributed by atoms with E-state index in [0.717, 1.165) is 11.8 Å². The second-order valence-electron chi connectivity index (χ2n) is 1.07. The molecule has 0 saturated carbocycles. The van der Waals surface area contributed by atoms with Crippen LogP contribution in [0.5, 0.6) is 0 Å². The number of amides is 1. The lowest BCUT2D eigenvalue weighted by Crippen LogP contribution is -1.98. The molecule has 0 bridgehead atoms. The Morgan fingerprint density at radius 3 is 2.44 bits per heavy atom. The van der Waals surface area contributed by atoms with Gasteiger partial charge >= 0.3 is 6.09 Å². The highest BCUT2D eigenvalue weighted by atomic mass is 32.2. The Labute approximate surface area is 56.9 Å². The molecule has 0 aliphatic heterocycles. The van der Waals surface area contributed by atoms with Gasteiger partial charge in [-0.1, -0.05) is 11.8 Å². The zero-order chi connectivity index (χ0) is 7.28. The van der Waals surface area contributed by atoms with Crippen LogP contribution in [-0.2, 0) is 4.74 Å². The average molecular weight is 149 g/mol. The topological polar surface area (TPSA) is 58.9 Å². The third kappa shape index (κ3) is 3.84. The van der Waals surface area contributed by atoms with Crippen molar-refractivity contribution in [3.8, 4) is 0 Å². The Balaban J connectivity index is 3.91. The van der Waals surface area contributed by atoms with Crippen LogP contribution in [0.1, 0.15) is 0 Å². The summed E-state index contributed by atoms with van der Waals surface area (Å²) in [5.74, 6) is 0. The Bertz CT molecular complexity index is 128. The van der Waals surface area contributed by atoms with E-state index in [0.29, 0.717) is 0 Å². The van der Waals surface area contributed by atoms with Crippen LogP contribution in [0.4, 0.5) is 4.79 Å². The van der Waals surface area contributed by atoms with E-state index in [2.05, 4.69) is 9.73 Å². The number of rotatable bonds is 0. The standard InChI is InChI=1S/C4H7NO3S/c1-8-4(9-2)5-3(6)7/h1-2H3,(H,6,7). The first-order valence-corrected chi connectivity index (χ1v) is 3.32. The third-order valence-electron chi connectivity index (χ3n) is 0.536. The summed E-state index contributed by atoms with van der Waals surface area (Å²) in [7, 11) is 1.37.